The summed E-state index contributed by atoms with van der Waals surface area (Å²) in [4.78, 5) is 20.0. The number of benzene rings is 2. The quantitative estimate of drug-likeness (QED) is 0.754. The Morgan fingerprint density at radius 3 is 2.83 bits per heavy atom. The third-order valence-corrected chi connectivity index (χ3v) is 3.68. The van der Waals surface area contributed by atoms with Crippen molar-refractivity contribution in [3.8, 4) is 11.1 Å². The average Bonchev–Trinajstić information content (AvgIpc) is 2.60. The molecule has 2 aromatic carbocycles. The van der Waals surface area contributed by atoms with Crippen LogP contribution in [0, 0.1) is 0 Å². The van der Waals surface area contributed by atoms with Gasteiger partial charge in [-0.3, -0.25) is 4.79 Å². The van der Waals surface area contributed by atoms with Gasteiger partial charge in [0.1, 0.15) is 12.1 Å². The molecule has 0 bridgehead atoms. The van der Waals surface area contributed by atoms with Crippen molar-refractivity contribution in [1.29, 1.82) is 0 Å². The Bertz CT molecular complexity index is 880. The van der Waals surface area contributed by atoms with Crippen LogP contribution in [0.3, 0.4) is 0 Å². The van der Waals surface area contributed by atoms with Crippen molar-refractivity contribution in [2.45, 2.75) is 6.42 Å². The summed E-state index contributed by atoms with van der Waals surface area (Å²) in [6, 6.07) is 13.5. The van der Waals surface area contributed by atoms with Crippen LogP contribution in [0.15, 0.2) is 48.8 Å². The van der Waals surface area contributed by atoms with Crippen LogP contribution >= 0.6 is 0 Å². The van der Waals surface area contributed by atoms with Crippen LogP contribution in [0.5, 0.6) is 0 Å². The summed E-state index contributed by atoms with van der Waals surface area (Å²) in [5.41, 5.74) is 9.43. The minimum Gasteiger partial charge on any atom is -0.384 e. The molecule has 0 unspecified atom stereocenters. The Kier molecular flexibility index (Phi) is 4.67. The molecule has 1 aromatic heterocycles. The zero-order valence-electron chi connectivity index (χ0n) is 13.3. The van der Waals surface area contributed by atoms with Crippen molar-refractivity contribution < 1.29 is 9.53 Å². The van der Waals surface area contributed by atoms with E-state index in [1.54, 1.807) is 7.11 Å². The topological polar surface area (TPSA) is 90.1 Å². The van der Waals surface area contributed by atoms with Crippen LogP contribution in [0.1, 0.15) is 6.42 Å². The number of nitrogens with zero attached hydrogens (tertiary/aromatic N) is 2. The van der Waals surface area contributed by atoms with E-state index in [1.807, 2.05) is 42.5 Å². The third kappa shape index (κ3) is 3.49. The smallest absolute Gasteiger partial charge is 0.226 e. The van der Waals surface area contributed by atoms with E-state index in [2.05, 4.69) is 15.3 Å². The Morgan fingerprint density at radius 1 is 1.17 bits per heavy atom. The number of hydrogen-bond acceptors (Lipinski definition) is 5. The highest BCUT2D eigenvalue weighted by atomic mass is 16.5. The molecule has 1 amide bonds. The number of nitrogen functional groups attached to an aromatic ring is 1. The number of rotatable bonds is 5. The number of carbonyl (C=O) groups excluding carboxylic acids is 1. The second-order valence-electron chi connectivity index (χ2n) is 5.36. The Hall–Kier alpha value is -2.99. The molecule has 0 radical (unpaired) electrons. The van der Waals surface area contributed by atoms with E-state index in [4.69, 9.17) is 10.5 Å². The highest BCUT2D eigenvalue weighted by Crippen LogP contribution is 2.27. The standard InChI is InChI=1S/C18H18N4O2/c1-24-8-7-17(23)22-14-4-2-3-12(9-14)13-5-6-16-15(10-13)18(19)21-11-20-16/h2-6,9-11H,7-8H2,1H3,(H,22,23)(H2,19,20,21). The van der Waals surface area contributed by atoms with E-state index in [0.717, 1.165) is 27.7 Å². The molecule has 6 heteroatoms. The Morgan fingerprint density at radius 2 is 2.00 bits per heavy atom. The Balaban J connectivity index is 1.88. The van der Waals surface area contributed by atoms with Crippen molar-refractivity contribution in [3.63, 3.8) is 0 Å². The molecule has 0 aliphatic carbocycles. The summed E-state index contributed by atoms with van der Waals surface area (Å²) >= 11 is 0. The summed E-state index contributed by atoms with van der Waals surface area (Å²) in [5.74, 6) is 0.371. The highest BCUT2D eigenvalue weighted by molar-refractivity contribution is 5.93. The van der Waals surface area contributed by atoms with E-state index >= 15 is 0 Å². The molecule has 0 atom stereocenters. The number of aromatic nitrogens is 2. The van der Waals surface area contributed by atoms with E-state index in [1.165, 1.54) is 6.33 Å². The van der Waals surface area contributed by atoms with Crippen LogP contribution in [0.4, 0.5) is 11.5 Å². The fourth-order valence-corrected chi connectivity index (χ4v) is 2.45. The molecule has 24 heavy (non-hydrogen) atoms. The van der Waals surface area contributed by atoms with Crippen LogP contribution in [-0.4, -0.2) is 29.6 Å². The maximum absolute atomic E-state index is 11.8. The molecule has 0 fully saturated rings. The van der Waals surface area contributed by atoms with Crippen molar-refractivity contribution in [2.75, 3.05) is 24.8 Å². The molecule has 6 nitrogen and oxygen atoms in total. The molecular weight excluding hydrogens is 304 g/mol. The summed E-state index contributed by atoms with van der Waals surface area (Å²) in [6.07, 6.45) is 1.78. The monoisotopic (exact) mass is 322 g/mol. The molecular formula is C18H18N4O2. The Labute approximate surface area is 139 Å². The van der Waals surface area contributed by atoms with Crippen LogP contribution < -0.4 is 11.1 Å². The lowest BCUT2D eigenvalue weighted by molar-refractivity contribution is -0.117. The summed E-state index contributed by atoms with van der Waals surface area (Å²) in [7, 11) is 1.57. The zero-order chi connectivity index (χ0) is 16.9. The molecule has 3 aromatic rings. The molecule has 0 saturated carbocycles. The third-order valence-electron chi connectivity index (χ3n) is 3.68. The predicted octanol–water partition coefficient (Wildman–Crippen LogP) is 2.85. The van der Waals surface area contributed by atoms with Gasteiger partial charge in [0.2, 0.25) is 5.91 Å². The van der Waals surface area contributed by atoms with Crippen molar-refractivity contribution in [3.05, 3.63) is 48.8 Å². The number of amides is 1. The number of hydrogen-bond donors (Lipinski definition) is 2. The molecule has 3 N–H and O–H groups in total. The first kappa shape index (κ1) is 15.9. The van der Waals surface area contributed by atoms with Gasteiger partial charge in [0, 0.05) is 18.2 Å². The SMILES string of the molecule is COCCC(=O)Nc1cccc(-c2ccc3ncnc(N)c3c2)c1. The van der Waals surface area contributed by atoms with Gasteiger partial charge in [0.15, 0.2) is 0 Å². The average molecular weight is 322 g/mol. The van der Waals surface area contributed by atoms with Crippen molar-refractivity contribution in [1.82, 2.24) is 9.97 Å². The fraction of sp³-hybridized carbons (Fsp3) is 0.167. The largest absolute Gasteiger partial charge is 0.384 e. The van der Waals surface area contributed by atoms with Gasteiger partial charge in [-0.25, -0.2) is 9.97 Å². The number of methoxy groups -OCH3 is 1. The first-order valence-electron chi connectivity index (χ1n) is 7.57. The zero-order valence-corrected chi connectivity index (χ0v) is 13.3. The van der Waals surface area contributed by atoms with E-state index in [9.17, 15) is 4.79 Å². The van der Waals surface area contributed by atoms with Gasteiger partial charge in [-0.2, -0.15) is 0 Å². The lowest BCUT2D eigenvalue weighted by Gasteiger charge is -2.09. The summed E-state index contributed by atoms with van der Waals surface area (Å²) in [5, 5.41) is 3.68. The molecule has 0 saturated heterocycles. The second kappa shape index (κ2) is 7.06. The van der Waals surface area contributed by atoms with E-state index < -0.39 is 0 Å². The number of anilines is 2. The van der Waals surface area contributed by atoms with Gasteiger partial charge in [-0.1, -0.05) is 18.2 Å². The first-order chi connectivity index (χ1) is 11.7. The van der Waals surface area contributed by atoms with Gasteiger partial charge in [-0.05, 0) is 35.4 Å². The van der Waals surface area contributed by atoms with Crippen LogP contribution in [0.25, 0.3) is 22.0 Å². The lowest BCUT2D eigenvalue weighted by atomic mass is 10.0. The molecule has 0 aliphatic rings. The van der Waals surface area contributed by atoms with Crippen molar-refractivity contribution in [2.24, 2.45) is 0 Å². The summed E-state index contributed by atoms with van der Waals surface area (Å²) in [6.45, 7) is 0.398. The maximum atomic E-state index is 11.8. The predicted molar refractivity (Wildman–Crippen MR) is 94.5 cm³/mol. The fourth-order valence-electron chi connectivity index (χ4n) is 2.45. The molecule has 0 aliphatic heterocycles. The lowest BCUT2D eigenvalue weighted by Crippen LogP contribution is -2.13. The van der Waals surface area contributed by atoms with Gasteiger partial charge >= 0.3 is 0 Å². The number of fused-ring (bicyclic) bond motifs is 1. The molecule has 3 rings (SSSR count). The molecule has 0 spiro atoms. The second-order valence-corrected chi connectivity index (χ2v) is 5.36. The molecule has 1 heterocycles. The normalized spacial score (nSPS) is 10.7. The number of nitrogens with two attached hydrogens (primary N) is 1. The maximum Gasteiger partial charge on any atom is 0.226 e. The highest BCUT2D eigenvalue weighted by Gasteiger charge is 2.06. The molecule has 122 valence electrons. The van der Waals surface area contributed by atoms with Gasteiger partial charge in [0.05, 0.1) is 18.5 Å². The van der Waals surface area contributed by atoms with E-state index in [0.29, 0.717) is 18.8 Å². The summed E-state index contributed by atoms with van der Waals surface area (Å²) < 4.78 is 4.91. The van der Waals surface area contributed by atoms with Gasteiger partial charge < -0.3 is 15.8 Å². The van der Waals surface area contributed by atoms with Gasteiger partial charge in [0.25, 0.3) is 0 Å². The van der Waals surface area contributed by atoms with E-state index in [-0.39, 0.29) is 5.91 Å². The van der Waals surface area contributed by atoms with Crippen molar-refractivity contribution >= 4 is 28.3 Å². The first-order valence-corrected chi connectivity index (χ1v) is 7.57. The van der Waals surface area contributed by atoms with Crippen LogP contribution in [0.2, 0.25) is 0 Å². The van der Waals surface area contributed by atoms with Crippen LogP contribution in [-0.2, 0) is 9.53 Å². The van der Waals surface area contributed by atoms with Gasteiger partial charge in [-0.15, -0.1) is 0 Å². The minimum atomic E-state index is -0.0786. The minimum absolute atomic E-state index is 0.0786. The number of ether oxygens (including phenoxy) is 1. The number of nitrogens with one attached hydrogen (secondary N) is 1. The number of carbonyl (C=O) groups is 1.